The van der Waals surface area contributed by atoms with Crippen LogP contribution in [0.2, 0.25) is 0 Å². The number of thiazole rings is 1. The van der Waals surface area contributed by atoms with Gasteiger partial charge in [0.15, 0.2) is 5.82 Å². The summed E-state index contributed by atoms with van der Waals surface area (Å²) in [5.41, 5.74) is -0.780. The molecule has 0 bridgehead atoms. The molecule has 0 spiro atoms. The van der Waals surface area contributed by atoms with Crippen molar-refractivity contribution in [1.82, 2.24) is 34.9 Å². The van der Waals surface area contributed by atoms with Crippen molar-refractivity contribution in [2.75, 3.05) is 18.9 Å². The number of aliphatic hydroxyl groups is 1. The van der Waals surface area contributed by atoms with E-state index >= 15 is 0 Å². The van der Waals surface area contributed by atoms with Crippen molar-refractivity contribution in [3.63, 3.8) is 0 Å². The Hall–Kier alpha value is -3.10. The van der Waals surface area contributed by atoms with E-state index in [0.717, 1.165) is 7.05 Å². The Morgan fingerprint density at radius 1 is 1.29 bits per heavy atom. The first kappa shape index (κ1) is 23.6. The lowest BCUT2D eigenvalue weighted by Crippen LogP contribution is -2.46. The predicted molar refractivity (Wildman–Crippen MR) is 121 cm³/mol. The summed E-state index contributed by atoms with van der Waals surface area (Å²) in [6.45, 7) is 0.212. The van der Waals surface area contributed by atoms with Crippen LogP contribution in [0, 0.1) is 5.92 Å². The molecule has 1 amide bonds. The SMILES string of the molecule is CN1C(=O)[C@@](O)(C2CNC(c3csc(-c4ccnc(Nc5ccn(C)n5)n4)n3)C2)C[C@H]1C(F)(F)F. The molecule has 10 nitrogen and oxygen atoms in total. The molecule has 5 rings (SSSR count). The van der Waals surface area contributed by atoms with E-state index in [-0.39, 0.29) is 12.6 Å². The number of nitrogens with one attached hydrogen (secondary N) is 2. The van der Waals surface area contributed by atoms with Gasteiger partial charge in [-0.05, 0) is 12.5 Å². The number of carbonyl (C=O) groups is 1. The highest BCUT2D eigenvalue weighted by Gasteiger charge is 2.61. The monoisotopic (exact) mass is 508 g/mol. The van der Waals surface area contributed by atoms with E-state index in [1.807, 2.05) is 5.38 Å². The van der Waals surface area contributed by atoms with Crippen molar-refractivity contribution in [1.29, 1.82) is 0 Å². The number of hydrogen-bond donors (Lipinski definition) is 3. The Balaban J connectivity index is 1.29. The number of likely N-dealkylation sites (N-methyl/N-ethyl adjacent to an activating group) is 1. The fourth-order valence-corrected chi connectivity index (χ4v) is 5.51. The average molecular weight is 509 g/mol. The molecule has 2 saturated heterocycles. The van der Waals surface area contributed by atoms with Crippen molar-refractivity contribution >= 4 is 29.0 Å². The maximum absolute atomic E-state index is 13.3. The van der Waals surface area contributed by atoms with Gasteiger partial charge in [0.2, 0.25) is 5.95 Å². The summed E-state index contributed by atoms with van der Waals surface area (Å²) in [7, 11) is 2.89. The van der Waals surface area contributed by atoms with Crippen LogP contribution >= 0.6 is 11.3 Å². The number of rotatable bonds is 5. The first-order chi connectivity index (χ1) is 16.5. The zero-order valence-electron chi connectivity index (χ0n) is 18.8. The van der Waals surface area contributed by atoms with Crippen molar-refractivity contribution in [2.24, 2.45) is 13.0 Å². The van der Waals surface area contributed by atoms with E-state index < -0.39 is 36.1 Å². The molecule has 4 atom stereocenters. The number of amides is 1. The number of likely N-dealkylation sites (tertiary alicyclic amines) is 1. The minimum Gasteiger partial charge on any atom is -0.380 e. The van der Waals surface area contributed by atoms with E-state index in [1.54, 1.807) is 36.3 Å². The normalized spacial score (nSPS) is 27.1. The number of alkyl halides is 3. The summed E-state index contributed by atoms with van der Waals surface area (Å²) in [6.07, 6.45) is -1.57. The largest absolute Gasteiger partial charge is 0.408 e. The predicted octanol–water partition coefficient (Wildman–Crippen LogP) is 2.25. The summed E-state index contributed by atoms with van der Waals surface area (Å²) in [5.74, 6) is -0.584. The topological polar surface area (TPSA) is 121 Å². The van der Waals surface area contributed by atoms with E-state index in [4.69, 9.17) is 0 Å². The maximum Gasteiger partial charge on any atom is 0.408 e. The van der Waals surface area contributed by atoms with Crippen molar-refractivity contribution in [3.05, 3.63) is 35.6 Å². The molecule has 186 valence electrons. The number of aromatic nitrogens is 5. The van der Waals surface area contributed by atoms with Gasteiger partial charge >= 0.3 is 6.18 Å². The molecule has 2 unspecified atom stereocenters. The number of anilines is 2. The molecule has 0 radical (unpaired) electrons. The fourth-order valence-electron chi connectivity index (χ4n) is 4.67. The second kappa shape index (κ2) is 8.53. The number of nitrogens with zero attached hydrogens (tertiary/aromatic N) is 6. The first-order valence-electron chi connectivity index (χ1n) is 10.9. The fraction of sp³-hybridized carbons (Fsp3) is 0.476. The van der Waals surface area contributed by atoms with E-state index in [1.165, 1.54) is 11.3 Å². The Morgan fingerprint density at radius 2 is 2.09 bits per heavy atom. The lowest BCUT2D eigenvalue weighted by Gasteiger charge is -2.26. The molecule has 14 heteroatoms. The lowest BCUT2D eigenvalue weighted by atomic mass is 9.82. The summed E-state index contributed by atoms with van der Waals surface area (Å²) in [5, 5.41) is 23.9. The van der Waals surface area contributed by atoms with Crippen molar-refractivity contribution < 1.29 is 23.1 Å². The molecule has 0 saturated carbocycles. The highest BCUT2D eigenvalue weighted by molar-refractivity contribution is 7.13. The van der Waals surface area contributed by atoms with Crippen LogP contribution in [0.25, 0.3) is 10.7 Å². The second-order valence-corrected chi connectivity index (χ2v) is 9.70. The highest BCUT2D eigenvalue weighted by atomic mass is 32.1. The lowest BCUT2D eigenvalue weighted by molar-refractivity contribution is -0.177. The van der Waals surface area contributed by atoms with Gasteiger partial charge in [-0.3, -0.25) is 9.48 Å². The quantitative estimate of drug-likeness (QED) is 0.480. The third kappa shape index (κ3) is 4.36. The molecule has 3 aromatic heterocycles. The van der Waals surface area contributed by atoms with Crippen LogP contribution in [0.15, 0.2) is 29.9 Å². The van der Waals surface area contributed by atoms with Gasteiger partial charge in [0.25, 0.3) is 5.91 Å². The van der Waals surface area contributed by atoms with Crippen LogP contribution in [-0.2, 0) is 11.8 Å². The standard InChI is InChI=1S/C21H23F3N8O2S/c1-31-6-4-16(30-31)29-19-25-5-3-12(28-19)17-27-14(10-35-17)13-7-11(9-26-13)20(34)8-15(21(22,23)24)32(2)18(20)33/h3-6,10-11,13,15,26,34H,7-9H2,1-2H3,(H,25,28,29,30)/t11?,13?,15-,20-/m0/s1. The van der Waals surface area contributed by atoms with Crippen LogP contribution in [0.1, 0.15) is 24.6 Å². The molecule has 0 aliphatic carbocycles. The summed E-state index contributed by atoms with van der Waals surface area (Å²) >= 11 is 1.37. The Labute approximate surface area is 202 Å². The number of hydrogen-bond acceptors (Lipinski definition) is 9. The van der Waals surface area contributed by atoms with Gasteiger partial charge in [-0.1, -0.05) is 0 Å². The van der Waals surface area contributed by atoms with Gasteiger partial charge < -0.3 is 20.6 Å². The third-order valence-corrected chi connectivity index (χ3v) is 7.44. The van der Waals surface area contributed by atoms with E-state index in [2.05, 4.69) is 30.7 Å². The van der Waals surface area contributed by atoms with Gasteiger partial charge in [0.1, 0.15) is 22.3 Å². The maximum atomic E-state index is 13.3. The van der Waals surface area contributed by atoms with Crippen molar-refractivity contribution in [2.45, 2.75) is 36.7 Å². The van der Waals surface area contributed by atoms with Crippen LogP contribution in [0.4, 0.5) is 24.9 Å². The zero-order chi connectivity index (χ0) is 25.0. The molecule has 0 aromatic carbocycles. The smallest absolute Gasteiger partial charge is 0.380 e. The van der Waals surface area contributed by atoms with Gasteiger partial charge in [0, 0.05) is 56.8 Å². The van der Waals surface area contributed by atoms with Gasteiger partial charge in [0.05, 0.1) is 11.7 Å². The number of aryl methyl sites for hydroxylation is 1. The van der Waals surface area contributed by atoms with Crippen LogP contribution in [-0.4, -0.2) is 72.1 Å². The van der Waals surface area contributed by atoms with E-state index in [0.29, 0.717) is 39.5 Å². The molecule has 35 heavy (non-hydrogen) atoms. The molecule has 2 fully saturated rings. The minimum atomic E-state index is -4.59. The van der Waals surface area contributed by atoms with Crippen LogP contribution in [0.3, 0.4) is 0 Å². The second-order valence-electron chi connectivity index (χ2n) is 8.84. The highest BCUT2D eigenvalue weighted by Crippen LogP contribution is 2.45. The molecular weight excluding hydrogens is 485 g/mol. The minimum absolute atomic E-state index is 0.212. The Kier molecular flexibility index (Phi) is 5.76. The summed E-state index contributed by atoms with van der Waals surface area (Å²) < 4.78 is 41.6. The van der Waals surface area contributed by atoms with Gasteiger partial charge in [-0.25, -0.2) is 15.0 Å². The first-order valence-corrected chi connectivity index (χ1v) is 11.8. The Bertz CT molecular complexity index is 1250. The molecule has 2 aliphatic rings. The number of carbonyl (C=O) groups excluding carboxylic acids is 1. The Morgan fingerprint density at radius 3 is 2.77 bits per heavy atom. The molecule has 3 aromatic rings. The molecule has 2 aliphatic heterocycles. The summed E-state index contributed by atoms with van der Waals surface area (Å²) in [4.78, 5) is 26.5. The number of halogens is 3. The van der Waals surface area contributed by atoms with Gasteiger partial charge in [-0.2, -0.15) is 18.3 Å². The van der Waals surface area contributed by atoms with Crippen LogP contribution in [0.5, 0.6) is 0 Å². The molecule has 5 heterocycles. The third-order valence-electron chi connectivity index (χ3n) is 6.55. The van der Waals surface area contributed by atoms with Crippen molar-refractivity contribution in [3.8, 4) is 10.7 Å². The van der Waals surface area contributed by atoms with Gasteiger partial charge in [-0.15, -0.1) is 11.3 Å². The van der Waals surface area contributed by atoms with E-state index in [9.17, 15) is 23.1 Å². The summed E-state index contributed by atoms with van der Waals surface area (Å²) in [6, 6.07) is 1.23. The molecular formula is C21H23F3N8O2S. The van der Waals surface area contributed by atoms with Crippen LogP contribution < -0.4 is 10.6 Å². The zero-order valence-corrected chi connectivity index (χ0v) is 19.6. The average Bonchev–Trinajstić information content (AvgIpc) is 3.59. The molecule has 3 N–H and O–H groups in total.